The van der Waals surface area contributed by atoms with Crippen LogP contribution in [0.2, 0.25) is 0 Å². The van der Waals surface area contributed by atoms with Gasteiger partial charge >= 0.3 is 5.97 Å². The quantitative estimate of drug-likeness (QED) is 0.705. The summed E-state index contributed by atoms with van der Waals surface area (Å²) < 4.78 is 4.93. The minimum Gasteiger partial charge on any atom is -0.466 e. The van der Waals surface area contributed by atoms with E-state index in [2.05, 4.69) is 4.98 Å². The van der Waals surface area contributed by atoms with Crippen molar-refractivity contribution in [2.75, 3.05) is 6.61 Å². The molecule has 0 saturated carbocycles. The second kappa shape index (κ2) is 4.43. The van der Waals surface area contributed by atoms with E-state index in [4.69, 9.17) is 4.74 Å². The number of ketones is 1. The Morgan fingerprint density at radius 3 is 3.12 bits per heavy atom. The topological polar surface area (TPSA) is 56.3 Å². The van der Waals surface area contributed by atoms with Gasteiger partial charge in [-0.1, -0.05) is 6.07 Å². The van der Waals surface area contributed by atoms with Crippen LogP contribution in [0.3, 0.4) is 0 Å². The summed E-state index contributed by atoms with van der Waals surface area (Å²) in [6.45, 7) is 2.11. The van der Waals surface area contributed by atoms with Crippen molar-refractivity contribution >= 4 is 11.8 Å². The van der Waals surface area contributed by atoms with Crippen molar-refractivity contribution < 1.29 is 14.3 Å². The Kier molecular flexibility index (Phi) is 2.99. The van der Waals surface area contributed by atoms with E-state index in [9.17, 15) is 9.59 Å². The van der Waals surface area contributed by atoms with Gasteiger partial charge in [0.15, 0.2) is 5.78 Å². The molecule has 16 heavy (non-hydrogen) atoms. The van der Waals surface area contributed by atoms with Gasteiger partial charge in [-0.25, -0.2) is 0 Å². The second-order valence-corrected chi connectivity index (χ2v) is 3.79. The molecule has 84 valence electrons. The molecule has 0 aliphatic heterocycles. The molecule has 0 saturated heterocycles. The third-order valence-electron chi connectivity index (χ3n) is 2.67. The van der Waals surface area contributed by atoms with E-state index in [1.54, 1.807) is 19.2 Å². The van der Waals surface area contributed by atoms with Crippen LogP contribution in [0.1, 0.15) is 29.4 Å². The van der Waals surface area contributed by atoms with E-state index < -0.39 is 0 Å². The van der Waals surface area contributed by atoms with Gasteiger partial charge in [0.05, 0.1) is 12.5 Å². The first-order chi connectivity index (χ1) is 7.72. The highest BCUT2D eigenvalue weighted by molar-refractivity contribution is 5.99. The monoisotopic (exact) mass is 219 g/mol. The van der Waals surface area contributed by atoms with Gasteiger partial charge < -0.3 is 4.74 Å². The van der Waals surface area contributed by atoms with Crippen molar-refractivity contribution in [1.29, 1.82) is 0 Å². The number of fused-ring (bicyclic) bond motifs is 1. The molecule has 1 aliphatic rings. The SMILES string of the molecule is CCOC(=O)C1CC(=O)c2ncccc2C1. The third-order valence-corrected chi connectivity index (χ3v) is 2.67. The van der Waals surface area contributed by atoms with Gasteiger partial charge in [0.2, 0.25) is 0 Å². The fourth-order valence-corrected chi connectivity index (χ4v) is 1.94. The van der Waals surface area contributed by atoms with Crippen molar-refractivity contribution in [3.05, 3.63) is 29.6 Å². The molecule has 0 N–H and O–H groups in total. The molecule has 4 heteroatoms. The number of nitrogens with zero attached hydrogens (tertiary/aromatic N) is 1. The van der Waals surface area contributed by atoms with Gasteiger partial charge in [-0.2, -0.15) is 0 Å². The first-order valence-corrected chi connectivity index (χ1v) is 5.36. The van der Waals surface area contributed by atoms with Crippen LogP contribution in [0.25, 0.3) is 0 Å². The van der Waals surface area contributed by atoms with E-state index >= 15 is 0 Å². The molecule has 1 heterocycles. The van der Waals surface area contributed by atoms with Crippen molar-refractivity contribution in [2.24, 2.45) is 5.92 Å². The molecular formula is C12H13NO3. The summed E-state index contributed by atoms with van der Waals surface area (Å²) in [5.41, 5.74) is 1.35. The third kappa shape index (κ3) is 1.96. The molecule has 1 atom stereocenters. The maximum atomic E-state index is 11.7. The van der Waals surface area contributed by atoms with Crippen LogP contribution >= 0.6 is 0 Å². The van der Waals surface area contributed by atoms with Crippen LogP contribution in [-0.4, -0.2) is 23.3 Å². The summed E-state index contributed by atoms with van der Waals surface area (Å²) in [7, 11) is 0. The molecule has 1 aromatic rings. The highest BCUT2D eigenvalue weighted by Gasteiger charge is 2.31. The molecule has 2 rings (SSSR count). The number of hydrogen-bond acceptors (Lipinski definition) is 4. The zero-order valence-corrected chi connectivity index (χ0v) is 9.10. The number of Topliss-reactive ketones (excluding diaryl/α,β-unsaturated/α-hetero) is 1. The maximum absolute atomic E-state index is 11.7. The predicted octanol–water partition coefficient (Wildman–Crippen LogP) is 1.39. The number of rotatable bonds is 2. The summed E-state index contributed by atoms with van der Waals surface area (Å²) in [4.78, 5) is 27.3. The minimum atomic E-state index is -0.343. The van der Waals surface area contributed by atoms with Crippen LogP contribution in [0.15, 0.2) is 18.3 Å². The Bertz CT molecular complexity index is 428. The Morgan fingerprint density at radius 1 is 1.56 bits per heavy atom. The lowest BCUT2D eigenvalue weighted by molar-refractivity contribution is -0.148. The number of ether oxygens (including phenoxy) is 1. The molecule has 1 aliphatic carbocycles. The van der Waals surface area contributed by atoms with Crippen LogP contribution < -0.4 is 0 Å². The summed E-state index contributed by atoms with van der Waals surface area (Å²) in [6.07, 6.45) is 2.36. The molecule has 0 spiro atoms. The van der Waals surface area contributed by atoms with Crippen molar-refractivity contribution in [1.82, 2.24) is 4.98 Å². The number of esters is 1. The predicted molar refractivity (Wildman–Crippen MR) is 57.0 cm³/mol. The number of aromatic nitrogens is 1. The summed E-state index contributed by atoms with van der Waals surface area (Å²) in [5.74, 6) is -0.700. The molecule has 0 radical (unpaired) electrons. The lowest BCUT2D eigenvalue weighted by atomic mass is 9.86. The van der Waals surface area contributed by atoms with E-state index in [0.29, 0.717) is 18.7 Å². The molecule has 0 amide bonds. The molecule has 0 bridgehead atoms. The lowest BCUT2D eigenvalue weighted by Crippen LogP contribution is -2.28. The minimum absolute atomic E-state index is 0.0695. The van der Waals surface area contributed by atoms with Crippen LogP contribution in [0, 0.1) is 5.92 Å². The molecule has 0 aromatic carbocycles. The van der Waals surface area contributed by atoms with Crippen LogP contribution in [0.5, 0.6) is 0 Å². The number of hydrogen-bond donors (Lipinski definition) is 0. The average molecular weight is 219 g/mol. The Morgan fingerprint density at radius 2 is 2.38 bits per heavy atom. The van der Waals surface area contributed by atoms with Gasteiger partial charge in [0, 0.05) is 12.6 Å². The number of pyridine rings is 1. The van der Waals surface area contributed by atoms with E-state index in [-0.39, 0.29) is 24.1 Å². The summed E-state index contributed by atoms with van der Waals surface area (Å²) in [5, 5.41) is 0. The Labute approximate surface area is 93.6 Å². The van der Waals surface area contributed by atoms with Gasteiger partial charge in [-0.15, -0.1) is 0 Å². The molecule has 1 unspecified atom stereocenters. The molecule has 4 nitrogen and oxygen atoms in total. The standard InChI is InChI=1S/C12H13NO3/c1-2-16-12(15)9-6-8-4-3-5-13-11(8)10(14)7-9/h3-5,9H,2,6-7H2,1H3. The normalized spacial score (nSPS) is 19.1. The second-order valence-electron chi connectivity index (χ2n) is 3.79. The van der Waals surface area contributed by atoms with E-state index in [0.717, 1.165) is 5.56 Å². The van der Waals surface area contributed by atoms with Crippen LogP contribution in [-0.2, 0) is 16.0 Å². The average Bonchev–Trinajstić information content (AvgIpc) is 2.29. The van der Waals surface area contributed by atoms with Crippen molar-refractivity contribution in [2.45, 2.75) is 19.8 Å². The molecular weight excluding hydrogens is 206 g/mol. The largest absolute Gasteiger partial charge is 0.466 e. The first-order valence-electron chi connectivity index (χ1n) is 5.36. The maximum Gasteiger partial charge on any atom is 0.309 e. The fraction of sp³-hybridized carbons (Fsp3) is 0.417. The van der Waals surface area contributed by atoms with Gasteiger partial charge in [0.25, 0.3) is 0 Å². The van der Waals surface area contributed by atoms with Gasteiger partial charge in [-0.3, -0.25) is 14.6 Å². The van der Waals surface area contributed by atoms with Crippen molar-refractivity contribution in [3.8, 4) is 0 Å². The Balaban J connectivity index is 2.21. The van der Waals surface area contributed by atoms with Crippen LogP contribution in [0.4, 0.5) is 0 Å². The molecule has 0 fully saturated rings. The van der Waals surface area contributed by atoms with Gasteiger partial charge in [-0.05, 0) is 25.0 Å². The highest BCUT2D eigenvalue weighted by Crippen LogP contribution is 2.24. The molecule has 1 aromatic heterocycles. The van der Waals surface area contributed by atoms with Crippen molar-refractivity contribution in [3.63, 3.8) is 0 Å². The summed E-state index contributed by atoms with van der Waals surface area (Å²) in [6, 6.07) is 3.62. The smallest absolute Gasteiger partial charge is 0.309 e. The zero-order valence-electron chi connectivity index (χ0n) is 9.10. The lowest BCUT2D eigenvalue weighted by Gasteiger charge is -2.20. The van der Waals surface area contributed by atoms with E-state index in [1.807, 2.05) is 6.07 Å². The number of carbonyl (C=O) groups excluding carboxylic acids is 2. The first kappa shape index (κ1) is 10.8. The van der Waals surface area contributed by atoms with E-state index in [1.165, 1.54) is 0 Å². The highest BCUT2D eigenvalue weighted by atomic mass is 16.5. The van der Waals surface area contributed by atoms with Gasteiger partial charge in [0.1, 0.15) is 5.69 Å². The fourth-order valence-electron chi connectivity index (χ4n) is 1.94. The summed E-state index contributed by atoms with van der Waals surface area (Å²) >= 11 is 0. The Hall–Kier alpha value is -1.71. The number of carbonyl (C=O) groups is 2. The zero-order chi connectivity index (χ0) is 11.5.